The monoisotopic (exact) mass is 300 g/mol. The summed E-state index contributed by atoms with van der Waals surface area (Å²) < 4.78 is 5.32. The molecular formula is C15H28N2O4. The van der Waals surface area contributed by atoms with E-state index in [1.807, 2.05) is 7.05 Å². The third-order valence-corrected chi connectivity index (χ3v) is 4.10. The van der Waals surface area contributed by atoms with E-state index in [0.29, 0.717) is 32.1 Å². The molecule has 3 N–H and O–H groups in total. The lowest BCUT2D eigenvalue weighted by atomic mass is 9.94. The maximum absolute atomic E-state index is 12.1. The van der Waals surface area contributed by atoms with E-state index >= 15 is 0 Å². The molecule has 3 atom stereocenters. The van der Waals surface area contributed by atoms with Crippen molar-refractivity contribution in [1.82, 2.24) is 10.6 Å². The van der Waals surface area contributed by atoms with Gasteiger partial charge in [0.2, 0.25) is 5.91 Å². The molecule has 6 heteroatoms. The SMILES string of the molecule is CCCC(CCNC(=O)C1COCC1NC)CCC(=O)O. The van der Waals surface area contributed by atoms with E-state index < -0.39 is 5.97 Å². The van der Waals surface area contributed by atoms with Crippen molar-refractivity contribution in [2.75, 3.05) is 26.8 Å². The first kappa shape index (κ1) is 17.9. The Kier molecular flexibility index (Phi) is 8.30. The number of aliphatic carboxylic acids is 1. The fraction of sp³-hybridized carbons (Fsp3) is 0.867. The highest BCUT2D eigenvalue weighted by Gasteiger charge is 2.32. The molecule has 1 fully saturated rings. The van der Waals surface area contributed by atoms with E-state index in [2.05, 4.69) is 17.6 Å². The van der Waals surface area contributed by atoms with Crippen molar-refractivity contribution in [2.24, 2.45) is 11.8 Å². The summed E-state index contributed by atoms with van der Waals surface area (Å²) in [4.78, 5) is 22.7. The number of carbonyl (C=O) groups is 2. The van der Waals surface area contributed by atoms with Crippen LogP contribution in [0.1, 0.15) is 39.0 Å². The molecule has 3 unspecified atom stereocenters. The second-order valence-electron chi connectivity index (χ2n) is 5.71. The van der Waals surface area contributed by atoms with Gasteiger partial charge in [0.05, 0.1) is 19.1 Å². The maximum Gasteiger partial charge on any atom is 0.303 e. The summed E-state index contributed by atoms with van der Waals surface area (Å²) in [6, 6.07) is 0.0865. The molecule has 0 spiro atoms. The van der Waals surface area contributed by atoms with Crippen molar-refractivity contribution in [3.63, 3.8) is 0 Å². The molecule has 0 aromatic carbocycles. The quantitative estimate of drug-likeness (QED) is 0.560. The average Bonchev–Trinajstić information content (AvgIpc) is 2.93. The summed E-state index contributed by atoms with van der Waals surface area (Å²) >= 11 is 0. The number of hydrogen-bond donors (Lipinski definition) is 3. The van der Waals surface area contributed by atoms with Crippen LogP contribution in [0.3, 0.4) is 0 Å². The minimum Gasteiger partial charge on any atom is -0.481 e. The Morgan fingerprint density at radius 3 is 2.67 bits per heavy atom. The van der Waals surface area contributed by atoms with Crippen LogP contribution in [0.2, 0.25) is 0 Å². The highest BCUT2D eigenvalue weighted by molar-refractivity contribution is 5.79. The van der Waals surface area contributed by atoms with Crippen LogP contribution in [0, 0.1) is 11.8 Å². The second kappa shape index (κ2) is 9.73. The third kappa shape index (κ3) is 6.44. The van der Waals surface area contributed by atoms with Gasteiger partial charge in [0.15, 0.2) is 0 Å². The minimum absolute atomic E-state index is 0.0281. The first-order valence-electron chi connectivity index (χ1n) is 7.83. The number of ether oxygens (including phenoxy) is 1. The van der Waals surface area contributed by atoms with Crippen LogP contribution < -0.4 is 10.6 Å². The Hall–Kier alpha value is -1.14. The van der Waals surface area contributed by atoms with Crippen LogP contribution in [0.25, 0.3) is 0 Å². The van der Waals surface area contributed by atoms with Gasteiger partial charge >= 0.3 is 5.97 Å². The fourth-order valence-corrected chi connectivity index (χ4v) is 2.80. The zero-order valence-corrected chi connectivity index (χ0v) is 13.1. The molecule has 1 amide bonds. The van der Waals surface area contributed by atoms with Crippen LogP contribution in [0.4, 0.5) is 0 Å². The lowest BCUT2D eigenvalue weighted by Gasteiger charge is -2.18. The van der Waals surface area contributed by atoms with Crippen LogP contribution in [-0.2, 0) is 14.3 Å². The van der Waals surface area contributed by atoms with E-state index in [9.17, 15) is 9.59 Å². The molecule has 0 bridgehead atoms. The summed E-state index contributed by atoms with van der Waals surface area (Å²) in [6.07, 6.45) is 3.78. The lowest BCUT2D eigenvalue weighted by Crippen LogP contribution is -2.43. The molecule has 122 valence electrons. The number of rotatable bonds is 10. The number of carbonyl (C=O) groups excluding carboxylic acids is 1. The number of likely N-dealkylation sites (N-methyl/N-ethyl adjacent to an activating group) is 1. The summed E-state index contributed by atoms with van der Waals surface area (Å²) in [5, 5.41) is 14.8. The highest BCUT2D eigenvalue weighted by atomic mass is 16.5. The number of carboxylic acid groups (broad SMARTS) is 1. The standard InChI is InChI=1S/C15H28N2O4/c1-3-4-11(5-6-14(18)19)7-8-17-15(20)12-9-21-10-13(12)16-2/h11-13,16H,3-10H2,1-2H3,(H,17,20)(H,18,19). The molecule has 21 heavy (non-hydrogen) atoms. The van der Waals surface area contributed by atoms with E-state index in [1.165, 1.54) is 0 Å². The van der Waals surface area contributed by atoms with E-state index in [0.717, 1.165) is 19.3 Å². The molecule has 0 aliphatic carbocycles. The van der Waals surface area contributed by atoms with Crippen LogP contribution in [0.5, 0.6) is 0 Å². The van der Waals surface area contributed by atoms with E-state index in [1.54, 1.807) is 0 Å². The number of carboxylic acids is 1. The van der Waals surface area contributed by atoms with Crippen LogP contribution in [-0.4, -0.2) is 49.8 Å². The third-order valence-electron chi connectivity index (χ3n) is 4.10. The van der Waals surface area contributed by atoms with Gasteiger partial charge in [0.1, 0.15) is 0 Å². The van der Waals surface area contributed by atoms with Crippen LogP contribution in [0.15, 0.2) is 0 Å². The molecule has 1 rings (SSSR count). The molecule has 1 heterocycles. The van der Waals surface area contributed by atoms with Crippen molar-refractivity contribution < 1.29 is 19.4 Å². The molecule has 1 aliphatic heterocycles. The fourth-order valence-electron chi connectivity index (χ4n) is 2.80. The normalized spacial score (nSPS) is 23.0. The van der Waals surface area contributed by atoms with Crippen molar-refractivity contribution in [3.8, 4) is 0 Å². The summed E-state index contributed by atoms with van der Waals surface area (Å²) in [7, 11) is 1.84. The Morgan fingerprint density at radius 1 is 1.29 bits per heavy atom. The average molecular weight is 300 g/mol. The van der Waals surface area contributed by atoms with Gasteiger partial charge in [-0.15, -0.1) is 0 Å². The molecule has 0 aromatic rings. The topological polar surface area (TPSA) is 87.7 Å². The first-order chi connectivity index (χ1) is 10.1. The van der Waals surface area contributed by atoms with Gasteiger partial charge in [0, 0.05) is 19.0 Å². The molecule has 0 radical (unpaired) electrons. The van der Waals surface area contributed by atoms with Crippen molar-refractivity contribution >= 4 is 11.9 Å². The zero-order chi connectivity index (χ0) is 15.7. The predicted octanol–water partition coefficient (Wildman–Crippen LogP) is 1.01. The molecular weight excluding hydrogens is 272 g/mol. The molecule has 6 nitrogen and oxygen atoms in total. The van der Waals surface area contributed by atoms with Gasteiger partial charge in [-0.2, -0.15) is 0 Å². The highest BCUT2D eigenvalue weighted by Crippen LogP contribution is 2.18. The van der Waals surface area contributed by atoms with Gasteiger partial charge in [-0.05, 0) is 25.8 Å². The van der Waals surface area contributed by atoms with Gasteiger partial charge < -0.3 is 20.5 Å². The van der Waals surface area contributed by atoms with E-state index in [-0.39, 0.29) is 24.3 Å². The van der Waals surface area contributed by atoms with Crippen molar-refractivity contribution in [2.45, 2.75) is 45.1 Å². The second-order valence-corrected chi connectivity index (χ2v) is 5.71. The van der Waals surface area contributed by atoms with Crippen LogP contribution >= 0.6 is 0 Å². The number of hydrogen-bond acceptors (Lipinski definition) is 4. The Labute approximate surface area is 126 Å². The predicted molar refractivity (Wildman–Crippen MR) is 80.1 cm³/mol. The van der Waals surface area contributed by atoms with Crippen molar-refractivity contribution in [1.29, 1.82) is 0 Å². The Balaban J connectivity index is 2.28. The van der Waals surface area contributed by atoms with Gasteiger partial charge in [0.25, 0.3) is 0 Å². The Morgan fingerprint density at radius 2 is 2.05 bits per heavy atom. The van der Waals surface area contributed by atoms with Gasteiger partial charge in [-0.1, -0.05) is 19.8 Å². The summed E-state index contributed by atoms with van der Waals surface area (Å²) in [5.74, 6) is -0.481. The smallest absolute Gasteiger partial charge is 0.303 e. The van der Waals surface area contributed by atoms with Gasteiger partial charge in [-0.25, -0.2) is 0 Å². The minimum atomic E-state index is -0.750. The largest absolute Gasteiger partial charge is 0.481 e. The molecule has 1 saturated heterocycles. The van der Waals surface area contributed by atoms with E-state index in [4.69, 9.17) is 9.84 Å². The lowest BCUT2D eigenvalue weighted by molar-refractivity contribution is -0.137. The van der Waals surface area contributed by atoms with Crippen molar-refractivity contribution in [3.05, 3.63) is 0 Å². The Bertz CT molecular complexity index is 336. The molecule has 0 saturated carbocycles. The zero-order valence-electron chi connectivity index (χ0n) is 13.1. The van der Waals surface area contributed by atoms with Gasteiger partial charge in [-0.3, -0.25) is 9.59 Å². The summed E-state index contributed by atoms with van der Waals surface area (Å²) in [6.45, 7) is 3.75. The number of amides is 1. The molecule has 1 aliphatic rings. The first-order valence-corrected chi connectivity index (χ1v) is 7.83. The molecule has 0 aromatic heterocycles. The maximum atomic E-state index is 12.1. The number of nitrogens with one attached hydrogen (secondary N) is 2. The summed E-state index contributed by atoms with van der Waals surface area (Å²) in [5.41, 5.74) is 0.